The van der Waals surface area contributed by atoms with Gasteiger partial charge in [0.1, 0.15) is 6.61 Å². The normalized spacial score (nSPS) is 10.1. The van der Waals surface area contributed by atoms with E-state index in [0.717, 1.165) is 11.1 Å². The Morgan fingerprint density at radius 2 is 1.76 bits per heavy atom. The van der Waals surface area contributed by atoms with Crippen molar-refractivity contribution in [3.63, 3.8) is 0 Å². The Morgan fingerprint density at radius 3 is 2.45 bits per heavy atom. The van der Waals surface area contributed by atoms with Gasteiger partial charge in [-0.2, -0.15) is 5.26 Å². The van der Waals surface area contributed by atoms with Crippen LogP contribution in [0.2, 0.25) is 0 Å². The number of nitriles is 1. The molecule has 6 nitrogen and oxygen atoms in total. The van der Waals surface area contributed by atoms with Crippen LogP contribution in [0.5, 0.6) is 11.5 Å². The van der Waals surface area contributed by atoms with Crippen molar-refractivity contribution in [2.75, 3.05) is 11.9 Å². The average molecular weight is 387 g/mol. The summed E-state index contributed by atoms with van der Waals surface area (Å²) >= 11 is 0. The van der Waals surface area contributed by atoms with E-state index in [9.17, 15) is 4.79 Å². The zero-order chi connectivity index (χ0) is 20.5. The number of aromatic nitrogens is 1. The summed E-state index contributed by atoms with van der Waals surface area (Å²) in [6, 6.07) is 18.2. The molecule has 0 saturated heterocycles. The summed E-state index contributed by atoms with van der Waals surface area (Å²) in [5, 5.41) is 11.6. The predicted octanol–water partition coefficient (Wildman–Crippen LogP) is 4.38. The van der Waals surface area contributed by atoms with E-state index in [4.69, 9.17) is 14.7 Å². The van der Waals surface area contributed by atoms with Gasteiger partial charge in [0.2, 0.25) is 0 Å². The Bertz CT molecular complexity index is 996. The SMILES string of the molecule is CCOc1cc(C(=O)Nc2ccc(CC#N)cc2)ccc1OCc1ccncc1. The van der Waals surface area contributed by atoms with E-state index < -0.39 is 0 Å². The highest BCUT2D eigenvalue weighted by Crippen LogP contribution is 2.29. The number of pyridine rings is 1. The number of benzene rings is 2. The molecular weight excluding hydrogens is 366 g/mol. The summed E-state index contributed by atoms with van der Waals surface area (Å²) < 4.78 is 11.5. The molecular formula is C23H21N3O3. The Labute approximate surface area is 169 Å². The van der Waals surface area contributed by atoms with Crippen LogP contribution in [0.1, 0.15) is 28.4 Å². The standard InChI is InChI=1S/C23H21N3O3/c1-2-28-22-15-19(5-8-21(22)29-16-18-10-13-25-14-11-18)23(27)26-20-6-3-17(4-7-20)9-12-24/h3-8,10-11,13-15H,2,9,16H2,1H3,(H,26,27). The van der Waals surface area contributed by atoms with Crippen molar-refractivity contribution < 1.29 is 14.3 Å². The topological polar surface area (TPSA) is 84.2 Å². The van der Waals surface area contributed by atoms with Gasteiger partial charge < -0.3 is 14.8 Å². The second kappa shape index (κ2) is 9.90. The van der Waals surface area contributed by atoms with Crippen molar-refractivity contribution in [1.82, 2.24) is 4.98 Å². The lowest BCUT2D eigenvalue weighted by atomic mass is 10.1. The van der Waals surface area contributed by atoms with Gasteiger partial charge >= 0.3 is 0 Å². The quantitative estimate of drug-likeness (QED) is 0.620. The summed E-state index contributed by atoms with van der Waals surface area (Å²) in [5.41, 5.74) is 3.02. The van der Waals surface area contributed by atoms with Gasteiger partial charge in [-0.1, -0.05) is 12.1 Å². The van der Waals surface area contributed by atoms with Crippen LogP contribution in [0.4, 0.5) is 5.69 Å². The molecule has 29 heavy (non-hydrogen) atoms. The first kappa shape index (κ1) is 19.9. The highest BCUT2D eigenvalue weighted by atomic mass is 16.5. The molecule has 1 N–H and O–H groups in total. The van der Waals surface area contributed by atoms with Crippen LogP contribution in [0.3, 0.4) is 0 Å². The number of anilines is 1. The minimum Gasteiger partial charge on any atom is -0.490 e. The molecule has 0 aliphatic carbocycles. The number of nitrogens with zero attached hydrogens (tertiary/aromatic N) is 2. The molecule has 0 aliphatic heterocycles. The van der Waals surface area contributed by atoms with E-state index >= 15 is 0 Å². The molecule has 0 unspecified atom stereocenters. The van der Waals surface area contributed by atoms with Crippen LogP contribution in [0.15, 0.2) is 67.0 Å². The van der Waals surface area contributed by atoms with Crippen molar-refractivity contribution in [3.8, 4) is 17.6 Å². The maximum atomic E-state index is 12.6. The van der Waals surface area contributed by atoms with Gasteiger partial charge in [-0.05, 0) is 60.5 Å². The van der Waals surface area contributed by atoms with Crippen LogP contribution >= 0.6 is 0 Å². The van der Waals surface area contributed by atoms with Crippen molar-refractivity contribution in [3.05, 3.63) is 83.7 Å². The third-order valence-electron chi connectivity index (χ3n) is 4.14. The first-order valence-electron chi connectivity index (χ1n) is 9.25. The van der Waals surface area contributed by atoms with E-state index in [1.54, 1.807) is 42.7 Å². The minimum absolute atomic E-state index is 0.250. The number of hydrogen-bond acceptors (Lipinski definition) is 5. The van der Waals surface area contributed by atoms with Crippen LogP contribution in [0.25, 0.3) is 0 Å². The Hall–Kier alpha value is -3.85. The highest BCUT2D eigenvalue weighted by molar-refractivity contribution is 6.04. The van der Waals surface area contributed by atoms with Gasteiger partial charge in [0.05, 0.1) is 19.1 Å². The fraction of sp³-hybridized carbons (Fsp3) is 0.174. The molecule has 0 spiro atoms. The summed E-state index contributed by atoms with van der Waals surface area (Å²) in [5.74, 6) is 0.833. The first-order valence-corrected chi connectivity index (χ1v) is 9.25. The lowest BCUT2D eigenvalue weighted by molar-refractivity contribution is 0.102. The lowest BCUT2D eigenvalue weighted by Crippen LogP contribution is -2.12. The maximum absolute atomic E-state index is 12.6. The lowest BCUT2D eigenvalue weighted by Gasteiger charge is -2.13. The zero-order valence-electron chi connectivity index (χ0n) is 16.1. The summed E-state index contributed by atoms with van der Waals surface area (Å²) in [6.45, 7) is 2.71. The zero-order valence-corrected chi connectivity index (χ0v) is 16.1. The number of carbonyl (C=O) groups is 1. The number of ether oxygens (including phenoxy) is 2. The van der Waals surface area contributed by atoms with Crippen molar-refractivity contribution >= 4 is 11.6 Å². The Kier molecular flexibility index (Phi) is 6.80. The predicted molar refractivity (Wildman–Crippen MR) is 110 cm³/mol. The second-order valence-corrected chi connectivity index (χ2v) is 6.22. The fourth-order valence-electron chi connectivity index (χ4n) is 2.68. The van der Waals surface area contributed by atoms with Gasteiger partial charge in [0.15, 0.2) is 11.5 Å². The van der Waals surface area contributed by atoms with Gasteiger partial charge in [0.25, 0.3) is 5.91 Å². The molecule has 146 valence electrons. The van der Waals surface area contributed by atoms with Crippen molar-refractivity contribution in [2.45, 2.75) is 20.0 Å². The number of amides is 1. The molecule has 0 fully saturated rings. The summed E-state index contributed by atoms with van der Waals surface area (Å²) in [4.78, 5) is 16.6. The third-order valence-corrected chi connectivity index (χ3v) is 4.14. The van der Waals surface area contributed by atoms with Gasteiger partial charge in [0, 0.05) is 23.6 Å². The minimum atomic E-state index is -0.250. The van der Waals surface area contributed by atoms with Crippen molar-refractivity contribution in [2.24, 2.45) is 0 Å². The Balaban J connectivity index is 1.71. The van der Waals surface area contributed by atoms with Gasteiger partial charge in [-0.3, -0.25) is 9.78 Å². The molecule has 2 aromatic carbocycles. The van der Waals surface area contributed by atoms with Gasteiger partial charge in [-0.15, -0.1) is 0 Å². The molecule has 0 atom stereocenters. The van der Waals surface area contributed by atoms with Gasteiger partial charge in [-0.25, -0.2) is 0 Å². The maximum Gasteiger partial charge on any atom is 0.255 e. The summed E-state index contributed by atoms with van der Waals surface area (Å²) in [7, 11) is 0. The molecule has 1 amide bonds. The van der Waals surface area contributed by atoms with Crippen molar-refractivity contribution in [1.29, 1.82) is 5.26 Å². The van der Waals surface area contributed by atoms with Crippen LogP contribution < -0.4 is 14.8 Å². The van der Waals surface area contributed by atoms with E-state index in [0.29, 0.717) is 42.4 Å². The van der Waals surface area contributed by atoms with E-state index in [2.05, 4.69) is 16.4 Å². The molecule has 6 heteroatoms. The van der Waals surface area contributed by atoms with E-state index in [1.165, 1.54) is 0 Å². The molecule has 3 aromatic rings. The fourth-order valence-corrected chi connectivity index (χ4v) is 2.68. The molecule has 3 rings (SSSR count). The van der Waals surface area contributed by atoms with E-state index in [-0.39, 0.29) is 5.91 Å². The molecule has 0 bridgehead atoms. The van der Waals surface area contributed by atoms with Crippen LogP contribution in [-0.2, 0) is 13.0 Å². The second-order valence-electron chi connectivity index (χ2n) is 6.22. The molecule has 0 radical (unpaired) electrons. The van der Waals surface area contributed by atoms with E-state index in [1.807, 2.05) is 31.2 Å². The molecule has 1 heterocycles. The highest BCUT2D eigenvalue weighted by Gasteiger charge is 2.12. The number of rotatable bonds is 8. The Morgan fingerprint density at radius 1 is 1.00 bits per heavy atom. The third kappa shape index (κ3) is 5.56. The largest absolute Gasteiger partial charge is 0.490 e. The smallest absolute Gasteiger partial charge is 0.255 e. The van der Waals surface area contributed by atoms with Crippen LogP contribution in [0, 0.1) is 11.3 Å². The monoisotopic (exact) mass is 387 g/mol. The number of carbonyl (C=O) groups excluding carboxylic acids is 1. The number of nitrogens with one attached hydrogen (secondary N) is 1. The molecule has 0 aliphatic rings. The van der Waals surface area contributed by atoms with Crippen LogP contribution in [-0.4, -0.2) is 17.5 Å². The molecule has 0 saturated carbocycles. The average Bonchev–Trinajstić information content (AvgIpc) is 2.75. The molecule has 1 aromatic heterocycles. The number of hydrogen-bond donors (Lipinski definition) is 1. The summed E-state index contributed by atoms with van der Waals surface area (Å²) in [6.07, 6.45) is 3.76. The first-order chi connectivity index (χ1) is 14.2.